The van der Waals surface area contributed by atoms with Gasteiger partial charge in [-0.25, -0.2) is 0 Å². The number of carbonyl (C=O) groups is 2. The summed E-state index contributed by atoms with van der Waals surface area (Å²) in [6.07, 6.45) is 0.512. The Morgan fingerprint density at radius 3 is 2.48 bits per heavy atom. The van der Waals surface area contributed by atoms with Crippen molar-refractivity contribution in [1.29, 1.82) is 0 Å². The van der Waals surface area contributed by atoms with Gasteiger partial charge in [0.1, 0.15) is 6.04 Å². The van der Waals surface area contributed by atoms with E-state index in [9.17, 15) is 9.59 Å². The Morgan fingerprint density at radius 2 is 1.87 bits per heavy atom. The van der Waals surface area contributed by atoms with E-state index in [1.807, 2.05) is 26.8 Å². The molecule has 0 spiro atoms. The van der Waals surface area contributed by atoms with Gasteiger partial charge < -0.3 is 10.2 Å². The number of benzene rings is 2. The van der Waals surface area contributed by atoms with Crippen molar-refractivity contribution in [3.63, 3.8) is 0 Å². The van der Waals surface area contributed by atoms with Gasteiger partial charge in [-0.2, -0.15) is 0 Å². The van der Waals surface area contributed by atoms with Gasteiger partial charge in [-0.3, -0.25) is 9.59 Å². The second-order valence-electron chi connectivity index (χ2n) is 7.83. The average Bonchev–Trinajstić information content (AvgIpc) is 2.69. The number of nitrogens with one attached hydrogen (secondary N) is 1. The van der Waals surface area contributed by atoms with Crippen molar-refractivity contribution in [1.82, 2.24) is 10.2 Å². The normalized spacial score (nSPS) is 12.0. The van der Waals surface area contributed by atoms with Crippen LogP contribution >= 0.6 is 35.0 Å². The topological polar surface area (TPSA) is 49.4 Å². The van der Waals surface area contributed by atoms with Crippen molar-refractivity contribution in [2.75, 3.05) is 5.75 Å². The van der Waals surface area contributed by atoms with E-state index >= 15 is 0 Å². The first-order valence-corrected chi connectivity index (χ1v) is 12.3. The lowest BCUT2D eigenvalue weighted by Crippen LogP contribution is -2.51. The molecule has 0 unspecified atom stereocenters. The van der Waals surface area contributed by atoms with Crippen molar-refractivity contribution in [2.24, 2.45) is 0 Å². The average molecular weight is 481 g/mol. The molecule has 1 N–H and O–H groups in total. The zero-order valence-electron chi connectivity index (χ0n) is 18.5. The Balaban J connectivity index is 2.18. The third-order valence-corrected chi connectivity index (χ3v) is 6.32. The fourth-order valence-corrected chi connectivity index (χ4v) is 4.60. The van der Waals surface area contributed by atoms with Gasteiger partial charge in [0.25, 0.3) is 0 Å². The molecule has 0 saturated carbocycles. The number of rotatable bonds is 10. The molecule has 0 saturated heterocycles. The van der Waals surface area contributed by atoms with Gasteiger partial charge in [0.2, 0.25) is 11.8 Å². The molecule has 31 heavy (non-hydrogen) atoms. The summed E-state index contributed by atoms with van der Waals surface area (Å²) in [6, 6.07) is 12.9. The van der Waals surface area contributed by atoms with E-state index < -0.39 is 6.04 Å². The van der Waals surface area contributed by atoms with Crippen molar-refractivity contribution >= 4 is 46.8 Å². The molecule has 4 nitrogen and oxygen atoms in total. The molecule has 2 amide bonds. The molecule has 1 atom stereocenters. The highest BCUT2D eigenvalue weighted by Crippen LogP contribution is 2.24. The Labute approximate surface area is 199 Å². The van der Waals surface area contributed by atoms with E-state index in [1.54, 1.807) is 34.9 Å². The number of hydrogen-bond donors (Lipinski definition) is 1. The molecule has 0 bridgehead atoms. The Kier molecular flexibility index (Phi) is 10.2. The van der Waals surface area contributed by atoms with Crippen molar-refractivity contribution in [3.8, 4) is 0 Å². The highest BCUT2D eigenvalue weighted by molar-refractivity contribution is 7.99. The summed E-state index contributed by atoms with van der Waals surface area (Å²) < 4.78 is 0. The number of halogens is 2. The van der Waals surface area contributed by atoms with Gasteiger partial charge in [0.05, 0.1) is 5.75 Å². The minimum atomic E-state index is -0.568. The summed E-state index contributed by atoms with van der Waals surface area (Å²) in [5, 5.41) is 3.95. The van der Waals surface area contributed by atoms with Gasteiger partial charge in [0, 0.05) is 28.4 Å². The molecule has 168 valence electrons. The van der Waals surface area contributed by atoms with E-state index in [4.69, 9.17) is 23.2 Å². The summed E-state index contributed by atoms with van der Waals surface area (Å²) in [5.41, 5.74) is 3.13. The Bertz CT molecular complexity index is 905. The number of thioether (sulfide) groups is 1. The molecule has 0 aromatic heterocycles. The van der Waals surface area contributed by atoms with Gasteiger partial charge in [-0.15, -0.1) is 11.8 Å². The summed E-state index contributed by atoms with van der Waals surface area (Å²) in [6.45, 7) is 8.03. The van der Waals surface area contributed by atoms with E-state index in [0.717, 1.165) is 11.3 Å². The molecule has 2 aromatic rings. The van der Waals surface area contributed by atoms with Gasteiger partial charge in [-0.1, -0.05) is 66.0 Å². The molecule has 0 aliphatic heterocycles. The highest BCUT2D eigenvalue weighted by Gasteiger charge is 2.29. The second-order valence-corrected chi connectivity index (χ2v) is 9.66. The van der Waals surface area contributed by atoms with Crippen molar-refractivity contribution in [2.45, 2.75) is 58.5 Å². The zero-order chi connectivity index (χ0) is 23.0. The van der Waals surface area contributed by atoms with Crippen LogP contribution in [0.25, 0.3) is 0 Å². The minimum absolute atomic E-state index is 0.00619. The first-order chi connectivity index (χ1) is 14.7. The van der Waals surface area contributed by atoms with Crippen LogP contribution < -0.4 is 5.32 Å². The van der Waals surface area contributed by atoms with Crippen LogP contribution in [-0.2, 0) is 21.9 Å². The maximum atomic E-state index is 13.2. The lowest BCUT2D eigenvalue weighted by Gasteiger charge is -2.31. The Hall–Kier alpha value is -1.69. The van der Waals surface area contributed by atoms with Gasteiger partial charge in [-0.05, 0) is 50.5 Å². The van der Waals surface area contributed by atoms with Crippen LogP contribution in [0.3, 0.4) is 0 Å². The van der Waals surface area contributed by atoms with Gasteiger partial charge in [0.15, 0.2) is 0 Å². The zero-order valence-corrected chi connectivity index (χ0v) is 20.8. The lowest BCUT2D eigenvalue weighted by atomic mass is 10.1. The molecule has 0 aliphatic carbocycles. The van der Waals surface area contributed by atoms with Crippen LogP contribution in [0, 0.1) is 6.92 Å². The lowest BCUT2D eigenvalue weighted by molar-refractivity contribution is -0.139. The summed E-state index contributed by atoms with van der Waals surface area (Å²) in [4.78, 5) is 27.7. The highest BCUT2D eigenvalue weighted by atomic mass is 35.5. The summed E-state index contributed by atoms with van der Waals surface area (Å²) in [5.74, 6) is 0.775. The fraction of sp³-hybridized carbons (Fsp3) is 0.417. The fourth-order valence-electron chi connectivity index (χ4n) is 3.27. The van der Waals surface area contributed by atoms with Crippen LogP contribution in [0.1, 0.15) is 43.9 Å². The summed E-state index contributed by atoms with van der Waals surface area (Å²) in [7, 11) is 0. The summed E-state index contributed by atoms with van der Waals surface area (Å²) >= 11 is 13.9. The predicted octanol–water partition coefficient (Wildman–Crippen LogP) is 5.87. The van der Waals surface area contributed by atoms with Crippen LogP contribution in [0.2, 0.25) is 10.0 Å². The van der Waals surface area contributed by atoms with Gasteiger partial charge >= 0.3 is 0 Å². The second kappa shape index (κ2) is 12.4. The first-order valence-electron chi connectivity index (χ1n) is 10.4. The molecular formula is C24H30Cl2N2O2S. The van der Waals surface area contributed by atoms with E-state index in [-0.39, 0.29) is 30.2 Å². The third-order valence-electron chi connectivity index (χ3n) is 4.75. The van der Waals surface area contributed by atoms with E-state index in [1.165, 1.54) is 11.1 Å². The molecule has 2 aromatic carbocycles. The largest absolute Gasteiger partial charge is 0.352 e. The maximum Gasteiger partial charge on any atom is 0.243 e. The molecule has 0 radical (unpaired) electrons. The molecule has 0 aliphatic rings. The smallest absolute Gasteiger partial charge is 0.243 e. The molecular weight excluding hydrogens is 451 g/mol. The van der Waals surface area contributed by atoms with Crippen LogP contribution in [-0.4, -0.2) is 34.6 Å². The quantitative estimate of drug-likeness (QED) is 0.462. The number of hydrogen-bond acceptors (Lipinski definition) is 3. The number of aryl methyl sites for hydroxylation is 1. The standard InChI is InChI=1S/C24H30Cl2N2O2S/c1-5-22(24(30)27-16(2)3)28(13-19-9-10-20(25)12-21(19)26)23(29)15-31-14-18-8-6-7-17(4)11-18/h6-12,16,22H,5,13-15H2,1-4H3,(H,27,30)/t22-/m0/s1. The van der Waals surface area contributed by atoms with Crippen molar-refractivity contribution in [3.05, 3.63) is 69.2 Å². The SMILES string of the molecule is CC[C@@H](C(=O)NC(C)C)N(Cc1ccc(Cl)cc1Cl)C(=O)CSCc1cccc(C)c1. The maximum absolute atomic E-state index is 13.2. The Morgan fingerprint density at radius 1 is 1.13 bits per heavy atom. The van der Waals surface area contributed by atoms with Crippen LogP contribution in [0.15, 0.2) is 42.5 Å². The number of amides is 2. The van der Waals surface area contributed by atoms with Crippen molar-refractivity contribution < 1.29 is 9.59 Å². The number of nitrogens with zero attached hydrogens (tertiary/aromatic N) is 1. The van der Waals surface area contributed by atoms with E-state index in [0.29, 0.717) is 16.5 Å². The number of carbonyl (C=O) groups excluding carboxylic acids is 2. The van der Waals surface area contributed by atoms with E-state index in [2.05, 4.69) is 30.4 Å². The first kappa shape index (κ1) is 25.6. The molecule has 0 fully saturated rings. The minimum Gasteiger partial charge on any atom is -0.352 e. The monoisotopic (exact) mass is 480 g/mol. The molecule has 2 rings (SSSR count). The van der Waals surface area contributed by atoms with Crippen LogP contribution in [0.5, 0.6) is 0 Å². The molecule has 7 heteroatoms. The predicted molar refractivity (Wildman–Crippen MR) is 132 cm³/mol. The third kappa shape index (κ3) is 8.06. The van der Waals surface area contributed by atoms with Crippen LogP contribution in [0.4, 0.5) is 0 Å². The molecule has 0 heterocycles.